The van der Waals surface area contributed by atoms with Gasteiger partial charge in [0, 0.05) is 93.4 Å². The Hall–Kier alpha value is -11.5. The van der Waals surface area contributed by atoms with Crippen LogP contribution in [0.25, 0.3) is 10.8 Å². The topological polar surface area (TPSA) is 472 Å². The summed E-state index contributed by atoms with van der Waals surface area (Å²) in [6.07, 6.45) is 3.38. The molecule has 31 nitrogen and oxygen atoms in total. The molecule has 1 aliphatic heterocycles. The number of unbranched alkanes of at least 4 members (excludes halogenated alkanes) is 1. The lowest BCUT2D eigenvalue weighted by atomic mass is 9.95. The van der Waals surface area contributed by atoms with Crippen molar-refractivity contribution >= 4 is 116 Å². The highest BCUT2D eigenvalue weighted by atomic mass is 35.5. The molecule has 10 atom stereocenters. The van der Waals surface area contributed by atoms with Crippen molar-refractivity contribution in [2.24, 2.45) is 17.4 Å². The second-order valence-corrected chi connectivity index (χ2v) is 29.0. The number of aromatic nitrogens is 1. The van der Waals surface area contributed by atoms with E-state index >= 15 is 14.4 Å². The summed E-state index contributed by atoms with van der Waals surface area (Å²) >= 11 is 6.20. The molecule has 5 aromatic carbocycles. The van der Waals surface area contributed by atoms with Crippen molar-refractivity contribution < 1.29 is 72.2 Å². The van der Waals surface area contributed by atoms with Gasteiger partial charge >= 0.3 is 0 Å². The van der Waals surface area contributed by atoms with Crippen LogP contribution < -0.4 is 75.3 Å². The van der Waals surface area contributed by atoms with Crippen LogP contribution in [-0.2, 0) is 88.0 Å². The van der Waals surface area contributed by atoms with E-state index < -0.39 is 150 Å². The average Bonchev–Trinajstić information content (AvgIpc) is 0.873. The quantitative estimate of drug-likeness (QED) is 0.0114. The van der Waals surface area contributed by atoms with Crippen LogP contribution in [0.4, 0.5) is 11.4 Å². The number of amides is 13. The predicted octanol–water partition coefficient (Wildman–Crippen LogP) is 2.33. The van der Waals surface area contributed by atoms with Gasteiger partial charge in [0.25, 0.3) is 5.91 Å². The van der Waals surface area contributed by atoms with E-state index in [-0.39, 0.29) is 73.5 Å². The lowest BCUT2D eigenvalue weighted by Gasteiger charge is -2.32. The average molecular weight is 1560 g/mol. The highest BCUT2D eigenvalue weighted by molar-refractivity contribution is 6.31. The number of primary amides is 1. The first-order chi connectivity index (χ1) is 53.2. The maximum absolute atomic E-state index is 15.3. The zero-order valence-electron chi connectivity index (χ0n) is 63.9. The van der Waals surface area contributed by atoms with Gasteiger partial charge in [-0.25, -0.2) is 0 Å². The van der Waals surface area contributed by atoms with E-state index in [2.05, 4.69) is 68.8 Å². The van der Waals surface area contributed by atoms with Gasteiger partial charge in [-0.3, -0.25) is 77.8 Å². The number of aliphatic hydroxyl groups is 1. The van der Waals surface area contributed by atoms with Gasteiger partial charge in [0.1, 0.15) is 54.4 Å². The Kier molecular flexibility index (Phi) is 32.9. The number of fused-ring (bicyclic) bond motifs is 1. The Labute approximate surface area is 654 Å². The van der Waals surface area contributed by atoms with E-state index in [0.717, 1.165) is 17.7 Å². The van der Waals surface area contributed by atoms with Crippen LogP contribution in [0.1, 0.15) is 127 Å². The standard InChI is InChI=1S/C80H101ClN16O15/c1-45(2)37-62(71(104)90-61(18-11-12-35-85-46(3)4)78(111)97-36-14-19-68(97)77(110)86-47(5)70(82)103)91-72(105)63(39-51-21-30-59(31-22-51)87-48(6)99)92-73(106)64(40-52-23-32-60(33-24-52)88-49(7)100)93-75(108)67(44-98)94-74(107)65(42-54-15-13-34-84-43-54)95-79(112)80(83,69(102)56-26-28-58(81)29-27-56)96-76(109)66(89-50(8)101)41-53-20-25-55-16-9-10-17-57(55)38-53/h9-10,13,15-17,20-34,38,43,45-47,61-68,85,98H,11-12,14,18-19,35-37,39-42,44,83H2,1-8H3,(H2,82,103)(H,86,110)(H,87,99)(H,88,100)(H,89,101)(H,90,104)(H,91,105)(H,92,106)(H,93,108)(H,94,107)(H,95,112)(H,96,109)/t47-,61+,62+,63-,64+,65-,66-,67+,68+,80+/m1/s1. The maximum Gasteiger partial charge on any atom is 0.269 e. The Balaban J connectivity index is 1.20. The van der Waals surface area contributed by atoms with E-state index in [4.69, 9.17) is 23.1 Å². The first-order valence-corrected chi connectivity index (χ1v) is 37.4. The number of nitrogens with zero attached hydrogens (tertiary/aromatic N) is 2. The number of hydrogen-bond donors (Lipinski definition) is 15. The molecular formula is C80H101ClN16O15. The molecule has 2 heterocycles. The molecule has 0 unspecified atom stereocenters. The number of hydrogen-bond acceptors (Lipinski definition) is 18. The molecule has 1 aliphatic rings. The molecule has 0 spiro atoms. The third-order valence-electron chi connectivity index (χ3n) is 18.4. The summed E-state index contributed by atoms with van der Waals surface area (Å²) in [5.74, 6) is -12.5. The molecule has 32 heteroatoms. The van der Waals surface area contributed by atoms with Crippen LogP contribution in [0.15, 0.2) is 140 Å². The largest absolute Gasteiger partial charge is 0.394 e. The van der Waals surface area contributed by atoms with Crippen molar-refractivity contribution in [2.75, 3.05) is 30.3 Å². The van der Waals surface area contributed by atoms with Crippen molar-refractivity contribution in [1.82, 2.24) is 63.1 Å². The summed E-state index contributed by atoms with van der Waals surface area (Å²) in [5, 5.41) is 45.0. The minimum Gasteiger partial charge on any atom is -0.394 e. The molecule has 0 radical (unpaired) electrons. The van der Waals surface area contributed by atoms with Crippen molar-refractivity contribution in [3.8, 4) is 0 Å². The lowest BCUT2D eigenvalue weighted by Crippen LogP contribution is -2.73. The number of nitrogens with two attached hydrogens (primary N) is 2. The number of carbonyl (C=O) groups excluding carboxylic acids is 14. The van der Waals surface area contributed by atoms with Gasteiger partial charge in [0.15, 0.2) is 0 Å². The molecule has 17 N–H and O–H groups in total. The first kappa shape index (κ1) is 87.7. The van der Waals surface area contributed by atoms with Crippen molar-refractivity contribution in [1.29, 1.82) is 0 Å². The zero-order valence-corrected chi connectivity index (χ0v) is 64.7. The zero-order chi connectivity index (χ0) is 81.9. The molecule has 6 aromatic rings. The molecule has 0 bridgehead atoms. The van der Waals surface area contributed by atoms with E-state index in [1.165, 1.54) is 98.7 Å². The van der Waals surface area contributed by atoms with Crippen LogP contribution in [0.2, 0.25) is 5.02 Å². The molecule has 0 saturated carbocycles. The third kappa shape index (κ3) is 26.6. The summed E-state index contributed by atoms with van der Waals surface area (Å²) in [4.78, 5) is 202. The highest BCUT2D eigenvalue weighted by Gasteiger charge is 2.47. The summed E-state index contributed by atoms with van der Waals surface area (Å²) < 4.78 is 0. The molecule has 7 rings (SSSR count). The minimum atomic E-state index is -3.08. The smallest absolute Gasteiger partial charge is 0.269 e. The minimum absolute atomic E-state index is 0.00427. The number of rotatable bonds is 40. The van der Waals surface area contributed by atoms with Crippen molar-refractivity contribution in [2.45, 2.75) is 186 Å². The van der Waals surface area contributed by atoms with Crippen LogP contribution in [0, 0.1) is 5.92 Å². The van der Waals surface area contributed by atoms with E-state index in [9.17, 15) is 57.8 Å². The molecule has 112 heavy (non-hydrogen) atoms. The fourth-order valence-corrected chi connectivity index (χ4v) is 12.8. The number of nitrogens with one attached hydrogen (secondary N) is 12. The second-order valence-electron chi connectivity index (χ2n) is 28.6. The number of carbonyl (C=O) groups is 14. The summed E-state index contributed by atoms with van der Waals surface area (Å²) in [5.41, 5.74) is 11.4. The van der Waals surface area contributed by atoms with E-state index in [1.807, 2.05) is 44.2 Å². The monoisotopic (exact) mass is 1560 g/mol. The van der Waals surface area contributed by atoms with Crippen LogP contribution in [-0.4, -0.2) is 183 Å². The number of ketones is 1. The predicted molar refractivity (Wildman–Crippen MR) is 420 cm³/mol. The molecule has 13 amide bonds. The summed E-state index contributed by atoms with van der Waals surface area (Å²) in [6, 6.07) is 20.3. The van der Waals surface area contributed by atoms with Gasteiger partial charge < -0.3 is 79.5 Å². The highest BCUT2D eigenvalue weighted by Crippen LogP contribution is 2.24. The van der Waals surface area contributed by atoms with E-state index in [0.29, 0.717) is 59.4 Å². The van der Waals surface area contributed by atoms with Gasteiger partial charge in [-0.1, -0.05) is 112 Å². The Morgan fingerprint density at radius 3 is 1.59 bits per heavy atom. The second kappa shape index (κ2) is 42.0. The SMILES string of the molecule is CC(=O)Nc1ccc(C[C@H](NC(=O)[C@H](CO)NC(=O)[C@@H](Cc2cccnc2)NC(=O)[C@@](N)(NC(=O)[C@@H](Cc2ccc3ccccc3c2)NC(C)=O)C(=O)c2ccc(Cl)cc2)C(=O)N[C@H](Cc2ccc(NC(C)=O)cc2)C(=O)N[C@@H](CC(C)C)C(=O)N[C@@H](CCCCNC(C)C)C(=O)N2CCC[C@H]2C(=O)N[C@H](C)C(N)=O)cc1. The van der Waals surface area contributed by atoms with Crippen LogP contribution in [0.5, 0.6) is 0 Å². The Bertz CT molecular complexity index is 4340. The van der Waals surface area contributed by atoms with Gasteiger partial charge in [-0.05, 0) is 146 Å². The first-order valence-electron chi connectivity index (χ1n) is 37.1. The number of halogens is 1. The van der Waals surface area contributed by atoms with Crippen molar-refractivity contribution in [3.05, 3.63) is 173 Å². The lowest BCUT2D eigenvalue weighted by molar-refractivity contribution is -0.142. The molecule has 1 aromatic heterocycles. The maximum atomic E-state index is 15.3. The molecule has 0 aliphatic carbocycles. The van der Waals surface area contributed by atoms with Crippen LogP contribution in [0.3, 0.4) is 0 Å². The number of anilines is 2. The van der Waals surface area contributed by atoms with Crippen molar-refractivity contribution in [3.63, 3.8) is 0 Å². The summed E-state index contributed by atoms with van der Waals surface area (Å²) in [7, 11) is 0. The number of aliphatic hydroxyl groups excluding tert-OH is 1. The molecule has 1 saturated heterocycles. The third-order valence-corrected chi connectivity index (χ3v) is 18.7. The number of benzene rings is 5. The Morgan fingerprint density at radius 2 is 1.05 bits per heavy atom. The fourth-order valence-electron chi connectivity index (χ4n) is 12.6. The molecule has 1 fully saturated rings. The van der Waals surface area contributed by atoms with Gasteiger partial charge in [-0.15, -0.1) is 0 Å². The van der Waals surface area contributed by atoms with Gasteiger partial charge in [0.05, 0.1) is 6.61 Å². The number of pyridine rings is 1. The van der Waals surface area contributed by atoms with E-state index in [1.54, 1.807) is 50.2 Å². The van der Waals surface area contributed by atoms with Gasteiger partial charge in [0.2, 0.25) is 82.3 Å². The number of Topliss-reactive ketones (excluding diaryl/α,β-unsaturated/α-hetero) is 1. The van der Waals surface area contributed by atoms with Gasteiger partial charge in [-0.2, -0.15) is 0 Å². The molecule has 598 valence electrons. The number of likely N-dealkylation sites (tertiary alicyclic amines) is 1. The molecular weight excluding hydrogens is 1460 g/mol. The normalized spacial score (nSPS) is 15.2. The summed E-state index contributed by atoms with van der Waals surface area (Å²) in [6.45, 7) is 12.3. The fraction of sp³-hybridized carbons (Fsp3) is 0.412. The van der Waals surface area contributed by atoms with Crippen LogP contribution >= 0.6 is 11.6 Å². The Morgan fingerprint density at radius 1 is 0.545 bits per heavy atom.